The van der Waals surface area contributed by atoms with Crippen LogP contribution in [0.25, 0.3) is 22.0 Å². The molecule has 1 fully saturated rings. The number of benzene rings is 2. The molecule has 0 unspecified atom stereocenters. The lowest BCUT2D eigenvalue weighted by atomic mass is 10.0. The molecule has 1 saturated heterocycles. The predicted molar refractivity (Wildman–Crippen MR) is 93.6 cm³/mol. The van der Waals surface area contributed by atoms with Crippen molar-refractivity contribution >= 4 is 38.6 Å². The van der Waals surface area contributed by atoms with Gasteiger partial charge in [-0.15, -0.1) is 0 Å². The number of carbonyl (C=O) groups is 1. The fraction of sp³-hybridized carbons (Fsp3) is 0.111. The highest BCUT2D eigenvalue weighted by Crippen LogP contribution is 2.31. The number of ether oxygens (including phenoxy) is 1. The summed E-state index contributed by atoms with van der Waals surface area (Å²) in [5, 5.41) is 2.11. The fourth-order valence-electron chi connectivity index (χ4n) is 2.75. The van der Waals surface area contributed by atoms with Crippen LogP contribution >= 0.6 is 15.9 Å². The molecule has 1 aromatic heterocycles. The van der Waals surface area contributed by atoms with Crippen LogP contribution < -0.4 is 4.90 Å². The number of nitrogens with zero attached hydrogens (tertiary/aromatic N) is 2. The van der Waals surface area contributed by atoms with E-state index in [1.807, 2.05) is 54.6 Å². The fourth-order valence-corrected chi connectivity index (χ4v) is 3.02. The average Bonchev–Trinajstić information content (AvgIpc) is 3.01. The third-order valence-electron chi connectivity index (χ3n) is 3.88. The Morgan fingerprint density at radius 3 is 2.61 bits per heavy atom. The minimum absolute atomic E-state index is 0.338. The standard InChI is InChI=1S/C18H13BrN2O2/c19-14-7-5-12(6-8-14)17-15-4-2-1-3-13(15)11-16(20-17)21-9-10-23-18(21)22/h1-8,11H,9-10H2. The second-order valence-electron chi connectivity index (χ2n) is 5.32. The molecule has 114 valence electrons. The van der Waals surface area contributed by atoms with E-state index in [9.17, 15) is 4.79 Å². The van der Waals surface area contributed by atoms with Gasteiger partial charge in [-0.1, -0.05) is 52.3 Å². The van der Waals surface area contributed by atoms with E-state index in [1.165, 1.54) is 0 Å². The summed E-state index contributed by atoms with van der Waals surface area (Å²) in [6.07, 6.45) is -0.338. The van der Waals surface area contributed by atoms with Gasteiger partial charge in [0.1, 0.15) is 12.4 Å². The first kappa shape index (κ1) is 14.2. The molecule has 0 radical (unpaired) electrons. The molecule has 2 aromatic carbocycles. The molecule has 4 rings (SSSR count). The molecular formula is C18H13BrN2O2. The molecular weight excluding hydrogens is 356 g/mol. The summed E-state index contributed by atoms with van der Waals surface area (Å²) in [5.41, 5.74) is 1.88. The summed E-state index contributed by atoms with van der Waals surface area (Å²) in [6.45, 7) is 0.935. The predicted octanol–water partition coefficient (Wildman–Crippen LogP) is 4.62. The maximum atomic E-state index is 11.9. The Balaban J connectivity index is 1.94. The molecule has 0 aliphatic carbocycles. The SMILES string of the molecule is O=C1OCCN1c1cc2ccccc2c(-c2ccc(Br)cc2)n1. The maximum absolute atomic E-state index is 11.9. The number of pyridine rings is 1. The number of carbonyl (C=O) groups excluding carboxylic acids is 1. The van der Waals surface area contributed by atoms with Crippen LogP contribution in [0.2, 0.25) is 0 Å². The minimum atomic E-state index is -0.338. The lowest BCUT2D eigenvalue weighted by Gasteiger charge is -2.15. The van der Waals surface area contributed by atoms with Crippen molar-refractivity contribution in [1.29, 1.82) is 0 Å². The van der Waals surface area contributed by atoms with Crippen molar-refractivity contribution in [2.45, 2.75) is 0 Å². The van der Waals surface area contributed by atoms with Gasteiger partial charge >= 0.3 is 6.09 Å². The van der Waals surface area contributed by atoms with Gasteiger partial charge < -0.3 is 4.74 Å². The molecule has 0 bridgehead atoms. The van der Waals surface area contributed by atoms with Crippen LogP contribution in [0.3, 0.4) is 0 Å². The Bertz CT molecular complexity index is 893. The third kappa shape index (κ3) is 2.57. The van der Waals surface area contributed by atoms with E-state index in [0.717, 1.165) is 26.5 Å². The van der Waals surface area contributed by atoms with Gasteiger partial charge in [-0.05, 0) is 23.6 Å². The van der Waals surface area contributed by atoms with Crippen molar-refractivity contribution in [1.82, 2.24) is 4.98 Å². The number of fused-ring (bicyclic) bond motifs is 1. The Labute approximate surface area is 141 Å². The van der Waals surface area contributed by atoms with E-state index in [1.54, 1.807) is 4.90 Å². The first-order chi connectivity index (χ1) is 11.2. The van der Waals surface area contributed by atoms with Gasteiger partial charge in [0, 0.05) is 15.4 Å². The van der Waals surface area contributed by atoms with Gasteiger partial charge in [-0.25, -0.2) is 9.78 Å². The zero-order valence-electron chi connectivity index (χ0n) is 12.2. The van der Waals surface area contributed by atoms with E-state index in [4.69, 9.17) is 9.72 Å². The summed E-state index contributed by atoms with van der Waals surface area (Å²) < 4.78 is 6.05. The largest absolute Gasteiger partial charge is 0.447 e. The smallest absolute Gasteiger partial charge is 0.415 e. The van der Waals surface area contributed by atoms with Gasteiger partial charge in [0.25, 0.3) is 0 Å². The average molecular weight is 369 g/mol. The summed E-state index contributed by atoms with van der Waals surface area (Å²) >= 11 is 3.45. The Morgan fingerprint density at radius 2 is 1.87 bits per heavy atom. The van der Waals surface area contributed by atoms with Crippen LogP contribution in [0, 0.1) is 0 Å². The lowest BCUT2D eigenvalue weighted by Crippen LogP contribution is -2.24. The van der Waals surface area contributed by atoms with Gasteiger partial charge in [-0.3, -0.25) is 4.90 Å². The van der Waals surface area contributed by atoms with Crippen LogP contribution in [0.5, 0.6) is 0 Å². The molecule has 5 heteroatoms. The monoisotopic (exact) mass is 368 g/mol. The normalized spacial score (nSPS) is 14.3. The number of rotatable bonds is 2. The number of cyclic esters (lactones) is 1. The Hall–Kier alpha value is -2.40. The van der Waals surface area contributed by atoms with E-state index < -0.39 is 0 Å². The topological polar surface area (TPSA) is 42.4 Å². The van der Waals surface area contributed by atoms with Crippen LogP contribution in [-0.2, 0) is 4.74 Å². The van der Waals surface area contributed by atoms with E-state index in [-0.39, 0.29) is 6.09 Å². The van der Waals surface area contributed by atoms with Crippen molar-refractivity contribution in [3.63, 3.8) is 0 Å². The number of halogens is 1. The second kappa shape index (κ2) is 5.66. The Morgan fingerprint density at radius 1 is 1.09 bits per heavy atom. The molecule has 1 aliphatic heterocycles. The molecule has 4 nitrogen and oxygen atoms in total. The van der Waals surface area contributed by atoms with Gasteiger partial charge in [-0.2, -0.15) is 0 Å². The van der Waals surface area contributed by atoms with Crippen molar-refractivity contribution < 1.29 is 9.53 Å². The molecule has 0 N–H and O–H groups in total. The first-order valence-electron chi connectivity index (χ1n) is 7.32. The highest BCUT2D eigenvalue weighted by molar-refractivity contribution is 9.10. The zero-order chi connectivity index (χ0) is 15.8. The third-order valence-corrected chi connectivity index (χ3v) is 4.41. The molecule has 0 saturated carbocycles. The molecule has 0 atom stereocenters. The minimum Gasteiger partial charge on any atom is -0.447 e. The molecule has 1 amide bonds. The summed E-state index contributed by atoms with van der Waals surface area (Å²) in [6, 6.07) is 18.0. The van der Waals surface area contributed by atoms with E-state index in [0.29, 0.717) is 19.0 Å². The highest BCUT2D eigenvalue weighted by Gasteiger charge is 2.25. The lowest BCUT2D eigenvalue weighted by molar-refractivity contribution is 0.181. The quantitative estimate of drug-likeness (QED) is 0.662. The highest BCUT2D eigenvalue weighted by atomic mass is 79.9. The van der Waals surface area contributed by atoms with Crippen molar-refractivity contribution in [2.75, 3.05) is 18.1 Å². The molecule has 1 aliphatic rings. The van der Waals surface area contributed by atoms with Crippen LogP contribution in [0.4, 0.5) is 10.6 Å². The number of hydrogen-bond donors (Lipinski definition) is 0. The molecule has 0 spiro atoms. The zero-order valence-corrected chi connectivity index (χ0v) is 13.8. The van der Waals surface area contributed by atoms with Crippen molar-refractivity contribution in [3.8, 4) is 11.3 Å². The van der Waals surface area contributed by atoms with Gasteiger partial charge in [0.2, 0.25) is 0 Å². The van der Waals surface area contributed by atoms with Crippen LogP contribution in [0.1, 0.15) is 0 Å². The molecule has 2 heterocycles. The number of aromatic nitrogens is 1. The molecule has 23 heavy (non-hydrogen) atoms. The van der Waals surface area contributed by atoms with Crippen LogP contribution in [0.15, 0.2) is 59.1 Å². The van der Waals surface area contributed by atoms with Gasteiger partial charge in [0.15, 0.2) is 0 Å². The number of hydrogen-bond acceptors (Lipinski definition) is 3. The van der Waals surface area contributed by atoms with E-state index >= 15 is 0 Å². The summed E-state index contributed by atoms with van der Waals surface area (Å²) in [4.78, 5) is 18.2. The van der Waals surface area contributed by atoms with Crippen molar-refractivity contribution in [3.05, 3.63) is 59.1 Å². The number of amides is 1. The summed E-state index contributed by atoms with van der Waals surface area (Å²) in [5.74, 6) is 0.629. The maximum Gasteiger partial charge on any atom is 0.415 e. The van der Waals surface area contributed by atoms with Crippen LogP contribution in [-0.4, -0.2) is 24.2 Å². The number of anilines is 1. The molecule has 3 aromatic rings. The van der Waals surface area contributed by atoms with Crippen molar-refractivity contribution in [2.24, 2.45) is 0 Å². The van der Waals surface area contributed by atoms with E-state index in [2.05, 4.69) is 15.9 Å². The first-order valence-corrected chi connectivity index (χ1v) is 8.12. The second-order valence-corrected chi connectivity index (χ2v) is 6.24. The summed E-state index contributed by atoms with van der Waals surface area (Å²) in [7, 11) is 0. The van der Waals surface area contributed by atoms with Gasteiger partial charge in [0.05, 0.1) is 12.2 Å². The Kier molecular flexibility index (Phi) is 3.50.